The zero-order valence-electron chi connectivity index (χ0n) is 14.5. The molecule has 0 unspecified atom stereocenters. The zero-order chi connectivity index (χ0) is 17.6. The van der Waals surface area contributed by atoms with Gasteiger partial charge in [-0.2, -0.15) is 0 Å². The number of thiophene rings is 1. The van der Waals surface area contributed by atoms with E-state index < -0.39 is 0 Å². The maximum atomic E-state index is 11.7. The van der Waals surface area contributed by atoms with Crippen LogP contribution in [0.2, 0.25) is 0 Å². The number of ketones is 1. The van der Waals surface area contributed by atoms with Crippen molar-refractivity contribution in [2.45, 2.75) is 40.2 Å². The number of fused-ring (bicyclic) bond motifs is 3. The number of benzene rings is 1. The summed E-state index contributed by atoms with van der Waals surface area (Å²) in [5.41, 5.74) is 5.66. The van der Waals surface area contributed by atoms with E-state index in [9.17, 15) is 4.79 Å². The minimum absolute atomic E-state index is 0.139. The van der Waals surface area contributed by atoms with Crippen LogP contribution in [0.25, 0.3) is 10.4 Å². The molecule has 5 heteroatoms. The Hall–Kier alpha value is -2.40. The molecule has 0 radical (unpaired) electrons. The largest absolute Gasteiger partial charge is 0.489 e. The molecule has 0 fully saturated rings. The highest BCUT2D eigenvalue weighted by molar-refractivity contribution is 7.17. The number of aromatic nitrogens is 1. The molecule has 2 aromatic heterocycles. The van der Waals surface area contributed by atoms with Gasteiger partial charge in [0.1, 0.15) is 18.1 Å². The Labute approximate surface area is 150 Å². The molecule has 0 spiro atoms. The number of Topliss-reactive ketones (excluding diaryl/α,β-unsaturated/α-hetero) is 1. The average molecular weight is 353 g/mol. The molecule has 128 valence electrons. The third kappa shape index (κ3) is 2.89. The number of carbonyl (C=O) groups excluding carboxylic acids is 1. The van der Waals surface area contributed by atoms with Gasteiger partial charge < -0.3 is 9.26 Å². The third-order valence-corrected chi connectivity index (χ3v) is 6.02. The standard InChI is InChI=1S/C20H19NO3S/c1-11-18(13(3)24-21-11)10-23-16-6-7-17-14(8-16)4-5-15-9-19(12(2)22)25-20(15)17/h6-9H,4-5,10H2,1-3H3. The van der Waals surface area contributed by atoms with Crippen LogP contribution in [0.1, 0.15) is 44.7 Å². The van der Waals surface area contributed by atoms with Gasteiger partial charge in [-0.15, -0.1) is 11.3 Å². The summed E-state index contributed by atoms with van der Waals surface area (Å²) in [6.07, 6.45) is 1.94. The minimum Gasteiger partial charge on any atom is -0.489 e. The van der Waals surface area contributed by atoms with E-state index in [-0.39, 0.29) is 5.78 Å². The molecule has 4 rings (SSSR count). The Kier molecular flexibility index (Phi) is 3.96. The average Bonchev–Trinajstić information content (AvgIpc) is 3.17. The minimum atomic E-state index is 0.139. The Balaban J connectivity index is 1.59. The lowest BCUT2D eigenvalue weighted by atomic mass is 9.91. The zero-order valence-corrected chi connectivity index (χ0v) is 15.3. The van der Waals surface area contributed by atoms with Crippen molar-refractivity contribution in [1.29, 1.82) is 0 Å². The second kappa shape index (κ2) is 6.15. The lowest BCUT2D eigenvalue weighted by Gasteiger charge is -2.17. The van der Waals surface area contributed by atoms with Crippen molar-refractivity contribution in [3.63, 3.8) is 0 Å². The summed E-state index contributed by atoms with van der Waals surface area (Å²) in [5, 5.41) is 3.96. The second-order valence-corrected chi connectivity index (χ2v) is 7.48. The van der Waals surface area contributed by atoms with E-state index >= 15 is 0 Å². The normalized spacial score (nSPS) is 12.6. The highest BCUT2D eigenvalue weighted by Gasteiger charge is 2.21. The summed E-state index contributed by atoms with van der Waals surface area (Å²) in [5.74, 6) is 1.79. The Bertz CT molecular complexity index is 948. The topological polar surface area (TPSA) is 52.3 Å². The highest BCUT2D eigenvalue weighted by Crippen LogP contribution is 2.41. The fourth-order valence-corrected chi connectivity index (χ4v) is 4.40. The summed E-state index contributed by atoms with van der Waals surface area (Å²) in [6, 6.07) is 8.27. The van der Waals surface area contributed by atoms with Crippen molar-refractivity contribution in [3.8, 4) is 16.2 Å². The van der Waals surface area contributed by atoms with E-state index in [4.69, 9.17) is 9.26 Å². The molecule has 1 aliphatic rings. The van der Waals surface area contributed by atoms with Gasteiger partial charge in [-0.05, 0) is 74.6 Å². The maximum Gasteiger partial charge on any atom is 0.169 e. The number of ether oxygens (including phenoxy) is 1. The Morgan fingerprint density at radius 1 is 1.24 bits per heavy atom. The summed E-state index contributed by atoms with van der Waals surface area (Å²) in [7, 11) is 0. The molecule has 3 aromatic rings. The van der Waals surface area contributed by atoms with Gasteiger partial charge in [-0.1, -0.05) is 5.16 Å². The van der Waals surface area contributed by atoms with Crippen molar-refractivity contribution in [1.82, 2.24) is 5.16 Å². The SMILES string of the molecule is CC(=O)c1cc2c(s1)-c1ccc(OCc3c(C)noc3C)cc1CC2. The molecule has 0 saturated carbocycles. The molecular formula is C20H19NO3S. The predicted octanol–water partition coefficient (Wildman–Crippen LogP) is 4.90. The van der Waals surface area contributed by atoms with Gasteiger partial charge in [0.05, 0.1) is 16.1 Å². The van der Waals surface area contributed by atoms with Gasteiger partial charge in [-0.25, -0.2) is 0 Å². The maximum absolute atomic E-state index is 11.7. The molecule has 1 aliphatic carbocycles. The number of aryl methyl sites for hydroxylation is 4. The van der Waals surface area contributed by atoms with Gasteiger partial charge in [0, 0.05) is 4.88 Å². The molecule has 0 aliphatic heterocycles. The fraction of sp³-hybridized carbons (Fsp3) is 0.300. The van der Waals surface area contributed by atoms with Gasteiger partial charge in [0.25, 0.3) is 0 Å². The molecule has 0 atom stereocenters. The molecule has 4 nitrogen and oxygen atoms in total. The van der Waals surface area contributed by atoms with Crippen molar-refractivity contribution < 1.29 is 14.1 Å². The third-order valence-electron chi connectivity index (χ3n) is 4.71. The molecule has 25 heavy (non-hydrogen) atoms. The lowest BCUT2D eigenvalue weighted by Crippen LogP contribution is -2.03. The first-order chi connectivity index (χ1) is 12.0. The van der Waals surface area contributed by atoms with E-state index in [1.165, 1.54) is 21.6 Å². The molecular weight excluding hydrogens is 334 g/mol. The quantitative estimate of drug-likeness (QED) is 0.626. The van der Waals surface area contributed by atoms with E-state index in [0.717, 1.165) is 40.5 Å². The smallest absolute Gasteiger partial charge is 0.169 e. The van der Waals surface area contributed by atoms with Crippen LogP contribution < -0.4 is 4.74 Å². The van der Waals surface area contributed by atoms with Crippen LogP contribution in [0.3, 0.4) is 0 Å². The van der Waals surface area contributed by atoms with Gasteiger partial charge in [0.15, 0.2) is 5.78 Å². The van der Waals surface area contributed by atoms with Gasteiger partial charge in [0.2, 0.25) is 0 Å². The van der Waals surface area contributed by atoms with E-state index in [2.05, 4.69) is 17.3 Å². The molecule has 0 saturated heterocycles. The van der Waals surface area contributed by atoms with Crippen LogP contribution >= 0.6 is 11.3 Å². The van der Waals surface area contributed by atoms with Crippen LogP contribution in [-0.2, 0) is 19.4 Å². The first-order valence-corrected chi connectivity index (χ1v) is 9.16. The molecule has 0 N–H and O–H groups in total. The van der Waals surface area contributed by atoms with E-state index in [1.807, 2.05) is 26.0 Å². The monoisotopic (exact) mass is 353 g/mol. The number of rotatable bonds is 4. The first-order valence-electron chi connectivity index (χ1n) is 8.34. The van der Waals surface area contributed by atoms with E-state index in [0.29, 0.717) is 6.61 Å². The lowest BCUT2D eigenvalue weighted by molar-refractivity contribution is 0.102. The highest BCUT2D eigenvalue weighted by atomic mass is 32.1. The molecule has 0 bridgehead atoms. The van der Waals surface area contributed by atoms with Gasteiger partial charge in [-0.3, -0.25) is 4.79 Å². The van der Waals surface area contributed by atoms with Crippen molar-refractivity contribution in [2.24, 2.45) is 0 Å². The Morgan fingerprint density at radius 3 is 2.76 bits per heavy atom. The van der Waals surface area contributed by atoms with Crippen LogP contribution in [0.15, 0.2) is 28.8 Å². The van der Waals surface area contributed by atoms with E-state index in [1.54, 1.807) is 18.3 Å². The molecule has 0 amide bonds. The molecule has 1 aromatic carbocycles. The predicted molar refractivity (Wildman–Crippen MR) is 97.5 cm³/mol. The fourth-order valence-electron chi connectivity index (χ4n) is 3.24. The number of hydrogen-bond donors (Lipinski definition) is 0. The van der Waals surface area contributed by atoms with Crippen molar-refractivity contribution in [2.75, 3.05) is 0 Å². The van der Waals surface area contributed by atoms with Crippen molar-refractivity contribution in [3.05, 3.63) is 57.3 Å². The first kappa shape index (κ1) is 16.1. The van der Waals surface area contributed by atoms with Crippen LogP contribution in [-0.4, -0.2) is 10.9 Å². The Morgan fingerprint density at radius 2 is 2.04 bits per heavy atom. The van der Waals surface area contributed by atoms with Crippen molar-refractivity contribution >= 4 is 17.1 Å². The number of hydrogen-bond acceptors (Lipinski definition) is 5. The summed E-state index contributed by atoms with van der Waals surface area (Å²) >= 11 is 1.60. The van der Waals surface area contributed by atoms with Gasteiger partial charge >= 0.3 is 0 Å². The number of carbonyl (C=O) groups is 1. The summed E-state index contributed by atoms with van der Waals surface area (Å²) in [4.78, 5) is 13.7. The summed E-state index contributed by atoms with van der Waals surface area (Å²) < 4.78 is 11.1. The summed E-state index contributed by atoms with van der Waals surface area (Å²) in [6.45, 7) is 5.91. The van der Waals surface area contributed by atoms with Crippen LogP contribution in [0.5, 0.6) is 5.75 Å². The van der Waals surface area contributed by atoms with Crippen LogP contribution in [0, 0.1) is 13.8 Å². The number of nitrogens with zero attached hydrogens (tertiary/aromatic N) is 1. The van der Waals surface area contributed by atoms with Crippen LogP contribution in [0.4, 0.5) is 0 Å². The molecule has 2 heterocycles. The second-order valence-electron chi connectivity index (χ2n) is 6.43.